The number of hydrogen-bond acceptors (Lipinski definition) is 4. The van der Waals surface area contributed by atoms with Crippen LogP contribution in [0.5, 0.6) is 0 Å². The van der Waals surface area contributed by atoms with Gasteiger partial charge in [-0.2, -0.15) is 9.57 Å². The third-order valence-electron chi connectivity index (χ3n) is 2.24. The first-order valence-corrected chi connectivity index (χ1v) is 5.57. The molecule has 0 aromatic rings. The summed E-state index contributed by atoms with van der Waals surface area (Å²) < 4.78 is 24.0. The number of nitrogens with zero attached hydrogens (tertiary/aromatic N) is 2. The van der Waals surface area contributed by atoms with Gasteiger partial charge in [-0.05, 0) is 6.92 Å². The Morgan fingerprint density at radius 2 is 2.14 bits per heavy atom. The highest BCUT2D eigenvalue weighted by atomic mass is 32.2. The summed E-state index contributed by atoms with van der Waals surface area (Å²) in [5, 5.41) is 7.39. The molecule has 1 unspecified atom stereocenters. The maximum Gasteiger partial charge on any atom is 0.230 e. The highest BCUT2D eigenvalue weighted by Crippen LogP contribution is 2.21. The SMILES string of the molecule is CC(C#N)S(=O)(=O)N1CC(C(N)=O)C1. The smallest absolute Gasteiger partial charge is 0.230 e. The Hall–Kier alpha value is -1.13. The van der Waals surface area contributed by atoms with Crippen molar-refractivity contribution in [3.8, 4) is 6.07 Å². The largest absolute Gasteiger partial charge is 0.369 e. The number of carbonyl (C=O) groups excluding carboxylic acids is 1. The molecule has 0 saturated carbocycles. The Morgan fingerprint density at radius 3 is 2.50 bits per heavy atom. The van der Waals surface area contributed by atoms with Gasteiger partial charge >= 0.3 is 0 Å². The minimum Gasteiger partial charge on any atom is -0.369 e. The van der Waals surface area contributed by atoms with Crippen molar-refractivity contribution in [3.63, 3.8) is 0 Å². The lowest BCUT2D eigenvalue weighted by molar-refractivity contribution is -0.124. The van der Waals surface area contributed by atoms with Gasteiger partial charge < -0.3 is 5.73 Å². The highest BCUT2D eigenvalue weighted by Gasteiger charge is 2.41. The third-order valence-corrected chi connectivity index (χ3v) is 4.26. The van der Waals surface area contributed by atoms with Gasteiger partial charge in [-0.25, -0.2) is 8.42 Å². The fraction of sp³-hybridized carbons (Fsp3) is 0.714. The van der Waals surface area contributed by atoms with E-state index in [9.17, 15) is 13.2 Å². The summed E-state index contributed by atoms with van der Waals surface area (Å²) in [6.07, 6.45) is 0. The van der Waals surface area contributed by atoms with Crippen LogP contribution in [-0.4, -0.2) is 37.0 Å². The fourth-order valence-electron chi connectivity index (χ4n) is 1.12. The van der Waals surface area contributed by atoms with Crippen molar-refractivity contribution in [2.24, 2.45) is 11.7 Å². The van der Waals surface area contributed by atoms with Crippen LogP contribution in [0.15, 0.2) is 0 Å². The number of nitriles is 1. The maximum atomic E-state index is 11.5. The van der Waals surface area contributed by atoms with Crippen LogP contribution >= 0.6 is 0 Å². The van der Waals surface area contributed by atoms with Gasteiger partial charge in [-0.1, -0.05) is 0 Å². The zero-order chi connectivity index (χ0) is 10.9. The summed E-state index contributed by atoms with van der Waals surface area (Å²) in [4.78, 5) is 10.6. The molecule has 0 aromatic carbocycles. The number of amides is 1. The van der Waals surface area contributed by atoms with Gasteiger partial charge in [0.05, 0.1) is 12.0 Å². The number of hydrogen-bond donors (Lipinski definition) is 1. The predicted molar refractivity (Wildman–Crippen MR) is 48.3 cm³/mol. The van der Waals surface area contributed by atoms with Crippen LogP contribution < -0.4 is 5.73 Å². The van der Waals surface area contributed by atoms with E-state index in [0.717, 1.165) is 4.31 Å². The summed E-state index contributed by atoms with van der Waals surface area (Å²) in [7, 11) is -3.55. The molecule has 0 aliphatic carbocycles. The zero-order valence-corrected chi connectivity index (χ0v) is 8.49. The van der Waals surface area contributed by atoms with Gasteiger partial charge in [0.1, 0.15) is 0 Å². The Kier molecular flexibility index (Phi) is 2.78. The van der Waals surface area contributed by atoms with Crippen LogP contribution in [0, 0.1) is 17.2 Å². The number of rotatable bonds is 3. The summed E-state index contributed by atoms with van der Waals surface area (Å²) >= 11 is 0. The van der Waals surface area contributed by atoms with Crippen molar-refractivity contribution in [3.05, 3.63) is 0 Å². The van der Waals surface area contributed by atoms with Crippen LogP contribution in [0.25, 0.3) is 0 Å². The molecule has 1 atom stereocenters. The second kappa shape index (κ2) is 3.55. The number of primary amides is 1. The quantitative estimate of drug-likeness (QED) is 0.630. The monoisotopic (exact) mass is 217 g/mol. The van der Waals surface area contributed by atoms with Crippen molar-refractivity contribution < 1.29 is 13.2 Å². The molecule has 1 amide bonds. The number of sulfonamides is 1. The second-order valence-corrected chi connectivity index (χ2v) is 5.49. The summed E-state index contributed by atoms with van der Waals surface area (Å²) in [6, 6.07) is 1.65. The first-order chi connectivity index (χ1) is 6.39. The van der Waals surface area contributed by atoms with Crippen molar-refractivity contribution in [2.45, 2.75) is 12.2 Å². The maximum absolute atomic E-state index is 11.5. The Labute approximate surface area is 82.3 Å². The molecular weight excluding hydrogens is 206 g/mol. The summed E-state index contributed by atoms with van der Waals surface area (Å²) in [6.45, 7) is 1.51. The summed E-state index contributed by atoms with van der Waals surface area (Å²) in [5.74, 6) is -0.906. The minimum atomic E-state index is -3.55. The molecule has 6 nitrogen and oxygen atoms in total. The second-order valence-electron chi connectivity index (χ2n) is 3.23. The van der Waals surface area contributed by atoms with Gasteiger partial charge in [0.25, 0.3) is 0 Å². The molecule has 1 aliphatic heterocycles. The molecule has 1 rings (SSSR count). The van der Waals surface area contributed by atoms with Crippen LogP contribution in [0.2, 0.25) is 0 Å². The van der Waals surface area contributed by atoms with Gasteiger partial charge in [-0.15, -0.1) is 0 Å². The van der Waals surface area contributed by atoms with Crippen LogP contribution in [-0.2, 0) is 14.8 Å². The van der Waals surface area contributed by atoms with E-state index in [4.69, 9.17) is 11.0 Å². The molecule has 0 aromatic heterocycles. The van der Waals surface area contributed by atoms with Crippen molar-refractivity contribution in [1.82, 2.24) is 4.31 Å². The topological polar surface area (TPSA) is 104 Å². The van der Waals surface area contributed by atoms with E-state index >= 15 is 0 Å². The number of carbonyl (C=O) groups is 1. The predicted octanol–water partition coefficient (Wildman–Crippen LogP) is -1.35. The lowest BCUT2D eigenvalue weighted by Gasteiger charge is -2.36. The molecule has 2 N–H and O–H groups in total. The van der Waals surface area contributed by atoms with Crippen molar-refractivity contribution in [2.75, 3.05) is 13.1 Å². The van der Waals surface area contributed by atoms with Gasteiger partial charge in [-0.3, -0.25) is 4.79 Å². The normalized spacial score (nSPS) is 20.9. The summed E-state index contributed by atoms with van der Waals surface area (Å²) in [5.41, 5.74) is 4.99. The molecule has 14 heavy (non-hydrogen) atoms. The molecule has 78 valence electrons. The van der Waals surface area contributed by atoms with Crippen molar-refractivity contribution >= 4 is 15.9 Å². The molecule has 1 aliphatic rings. The molecule has 1 saturated heterocycles. The average Bonchev–Trinajstić information content (AvgIpc) is 1.98. The van der Waals surface area contributed by atoms with Gasteiger partial charge in [0.15, 0.2) is 5.25 Å². The molecule has 1 heterocycles. The van der Waals surface area contributed by atoms with E-state index in [1.807, 2.05) is 0 Å². The number of nitrogens with two attached hydrogens (primary N) is 1. The minimum absolute atomic E-state index is 0.101. The van der Waals surface area contributed by atoms with E-state index < -0.39 is 27.1 Å². The lowest BCUT2D eigenvalue weighted by Crippen LogP contribution is -2.56. The zero-order valence-electron chi connectivity index (χ0n) is 7.67. The Balaban J connectivity index is 2.64. The highest BCUT2D eigenvalue weighted by molar-refractivity contribution is 7.90. The molecule has 0 bridgehead atoms. The first-order valence-electron chi connectivity index (χ1n) is 4.07. The standard InChI is InChI=1S/C7H11N3O3S/c1-5(2-8)14(12,13)10-3-6(4-10)7(9)11/h5-6H,3-4H2,1H3,(H2,9,11). The molecule has 0 radical (unpaired) electrons. The first kappa shape index (κ1) is 10.9. The third kappa shape index (κ3) is 1.71. The van der Waals surface area contributed by atoms with E-state index in [1.165, 1.54) is 6.92 Å². The van der Waals surface area contributed by atoms with Gasteiger partial charge in [0.2, 0.25) is 15.9 Å². The molecule has 0 spiro atoms. The Bertz CT molecular complexity index is 377. The van der Waals surface area contributed by atoms with Crippen LogP contribution in [0.3, 0.4) is 0 Å². The van der Waals surface area contributed by atoms with Crippen LogP contribution in [0.1, 0.15) is 6.92 Å². The fourth-order valence-corrected chi connectivity index (χ4v) is 2.47. The van der Waals surface area contributed by atoms with Gasteiger partial charge in [0, 0.05) is 13.1 Å². The molecule has 7 heteroatoms. The van der Waals surface area contributed by atoms with E-state index in [2.05, 4.69) is 0 Å². The van der Waals surface area contributed by atoms with E-state index in [1.54, 1.807) is 6.07 Å². The van der Waals surface area contributed by atoms with Crippen molar-refractivity contribution in [1.29, 1.82) is 5.26 Å². The molecule has 1 fully saturated rings. The van der Waals surface area contributed by atoms with E-state index in [0.29, 0.717) is 0 Å². The lowest BCUT2D eigenvalue weighted by atomic mass is 10.0. The van der Waals surface area contributed by atoms with E-state index in [-0.39, 0.29) is 13.1 Å². The average molecular weight is 217 g/mol. The van der Waals surface area contributed by atoms with Crippen LogP contribution in [0.4, 0.5) is 0 Å². The molecular formula is C7H11N3O3S. The Morgan fingerprint density at radius 1 is 1.64 bits per heavy atom.